The summed E-state index contributed by atoms with van der Waals surface area (Å²) in [6, 6.07) is 0. The molecule has 0 amide bonds. The first-order chi connectivity index (χ1) is 7.67. The molecule has 0 aliphatic carbocycles. The highest BCUT2D eigenvalue weighted by Gasteiger charge is 2.12. The number of unbranched alkanes of at least 4 members (excludes halogenated alkanes) is 1. The molecule has 0 bridgehead atoms. The standard InChI is InChI=1S/C14H30OSi/c1-6-9-10-15-16-11-14(12(4)7-2)13(5)8-3/h11-13H,6-10,16H2,1-5H3. The molecule has 0 aromatic carbocycles. The van der Waals surface area contributed by atoms with Crippen LogP contribution in [0.2, 0.25) is 0 Å². The highest BCUT2D eigenvalue weighted by atomic mass is 28.2. The summed E-state index contributed by atoms with van der Waals surface area (Å²) in [5, 5.41) is 0. The van der Waals surface area contributed by atoms with Crippen LogP contribution in [0.4, 0.5) is 0 Å². The van der Waals surface area contributed by atoms with E-state index in [0.717, 1.165) is 18.4 Å². The van der Waals surface area contributed by atoms with Crippen LogP contribution in [0.5, 0.6) is 0 Å². The molecule has 1 nitrogen and oxygen atoms in total. The summed E-state index contributed by atoms with van der Waals surface area (Å²) in [5.41, 5.74) is 4.10. The van der Waals surface area contributed by atoms with Crippen molar-refractivity contribution in [2.24, 2.45) is 11.8 Å². The van der Waals surface area contributed by atoms with E-state index in [1.807, 2.05) is 0 Å². The van der Waals surface area contributed by atoms with Gasteiger partial charge < -0.3 is 4.43 Å². The summed E-state index contributed by atoms with van der Waals surface area (Å²) < 4.78 is 5.76. The van der Waals surface area contributed by atoms with E-state index in [1.165, 1.54) is 25.7 Å². The summed E-state index contributed by atoms with van der Waals surface area (Å²) in [4.78, 5) is 0. The van der Waals surface area contributed by atoms with Crippen LogP contribution in [0, 0.1) is 11.8 Å². The SMILES string of the molecule is CCCCO[SiH2]C=C(C(C)CC)C(C)CC. The van der Waals surface area contributed by atoms with Crippen LogP contribution in [0.15, 0.2) is 11.3 Å². The molecule has 0 aliphatic heterocycles. The van der Waals surface area contributed by atoms with Crippen molar-refractivity contribution in [1.82, 2.24) is 0 Å². The minimum Gasteiger partial charge on any atom is -0.419 e. The molecule has 0 fully saturated rings. The minimum atomic E-state index is -0.423. The Hall–Kier alpha value is -0.0831. The fourth-order valence-electron chi connectivity index (χ4n) is 1.84. The molecule has 0 N–H and O–H groups in total. The summed E-state index contributed by atoms with van der Waals surface area (Å²) in [5.74, 6) is 1.47. The van der Waals surface area contributed by atoms with Crippen molar-refractivity contribution in [3.05, 3.63) is 11.3 Å². The molecule has 2 unspecified atom stereocenters. The van der Waals surface area contributed by atoms with Crippen LogP contribution < -0.4 is 0 Å². The number of allylic oxidation sites excluding steroid dienone is 1. The summed E-state index contributed by atoms with van der Waals surface area (Å²) in [6.07, 6.45) is 4.95. The van der Waals surface area contributed by atoms with E-state index in [0.29, 0.717) is 0 Å². The predicted molar refractivity (Wildman–Crippen MR) is 76.4 cm³/mol. The lowest BCUT2D eigenvalue weighted by atomic mass is 9.88. The monoisotopic (exact) mass is 242 g/mol. The van der Waals surface area contributed by atoms with E-state index < -0.39 is 9.76 Å². The topological polar surface area (TPSA) is 9.23 Å². The fraction of sp³-hybridized carbons (Fsp3) is 0.857. The summed E-state index contributed by atoms with van der Waals surface area (Å²) >= 11 is 0. The lowest BCUT2D eigenvalue weighted by molar-refractivity contribution is 0.331. The number of hydrogen-bond acceptors (Lipinski definition) is 1. The van der Waals surface area contributed by atoms with E-state index in [9.17, 15) is 0 Å². The molecule has 0 spiro atoms. The van der Waals surface area contributed by atoms with Crippen LogP contribution in [-0.2, 0) is 4.43 Å². The molecule has 0 heterocycles. The Kier molecular flexibility index (Phi) is 10.0. The molecule has 0 rings (SSSR count). The van der Waals surface area contributed by atoms with E-state index in [-0.39, 0.29) is 0 Å². The van der Waals surface area contributed by atoms with Gasteiger partial charge in [-0.25, -0.2) is 0 Å². The van der Waals surface area contributed by atoms with Crippen LogP contribution in [0.25, 0.3) is 0 Å². The van der Waals surface area contributed by atoms with E-state index in [4.69, 9.17) is 4.43 Å². The van der Waals surface area contributed by atoms with Crippen molar-refractivity contribution in [1.29, 1.82) is 0 Å². The predicted octanol–water partition coefficient (Wildman–Crippen LogP) is 3.86. The maximum atomic E-state index is 5.76. The van der Waals surface area contributed by atoms with Gasteiger partial charge in [-0.3, -0.25) is 0 Å². The van der Waals surface area contributed by atoms with E-state index >= 15 is 0 Å². The molecule has 0 aliphatic rings. The largest absolute Gasteiger partial charge is 0.419 e. The summed E-state index contributed by atoms with van der Waals surface area (Å²) in [6.45, 7) is 12.4. The van der Waals surface area contributed by atoms with Gasteiger partial charge in [0.2, 0.25) is 0 Å². The third-order valence-electron chi connectivity index (χ3n) is 3.44. The van der Waals surface area contributed by atoms with Gasteiger partial charge in [0.15, 0.2) is 9.76 Å². The van der Waals surface area contributed by atoms with Crippen LogP contribution >= 0.6 is 0 Å². The lowest BCUT2D eigenvalue weighted by Crippen LogP contribution is -2.10. The Labute approximate surface area is 105 Å². The second-order valence-corrected chi connectivity index (χ2v) is 5.90. The van der Waals surface area contributed by atoms with Gasteiger partial charge in [0.05, 0.1) is 0 Å². The maximum Gasteiger partial charge on any atom is 0.185 e. The molecule has 0 saturated carbocycles. The van der Waals surface area contributed by atoms with Gasteiger partial charge in [0, 0.05) is 6.61 Å². The highest BCUT2D eigenvalue weighted by Crippen LogP contribution is 2.24. The first kappa shape index (κ1) is 15.9. The molecule has 2 atom stereocenters. The zero-order chi connectivity index (χ0) is 12.4. The molecule has 96 valence electrons. The van der Waals surface area contributed by atoms with E-state index in [2.05, 4.69) is 40.3 Å². The Morgan fingerprint density at radius 1 is 1.12 bits per heavy atom. The zero-order valence-electron chi connectivity index (χ0n) is 11.9. The molecular formula is C14H30OSi. The van der Waals surface area contributed by atoms with Crippen molar-refractivity contribution < 1.29 is 4.43 Å². The van der Waals surface area contributed by atoms with Gasteiger partial charge in [0.1, 0.15) is 0 Å². The minimum absolute atomic E-state index is 0.423. The fourth-order valence-corrected chi connectivity index (χ4v) is 3.33. The Bertz CT molecular complexity index is 177. The number of hydrogen-bond donors (Lipinski definition) is 0. The second-order valence-electron chi connectivity index (χ2n) is 4.75. The molecule has 0 saturated heterocycles. The van der Waals surface area contributed by atoms with Gasteiger partial charge >= 0.3 is 0 Å². The van der Waals surface area contributed by atoms with Gasteiger partial charge in [-0.15, -0.1) is 0 Å². The lowest BCUT2D eigenvalue weighted by Gasteiger charge is -2.20. The van der Waals surface area contributed by atoms with Crippen molar-refractivity contribution in [2.75, 3.05) is 6.61 Å². The Balaban J connectivity index is 4.12. The Morgan fingerprint density at radius 2 is 1.69 bits per heavy atom. The van der Waals surface area contributed by atoms with E-state index in [1.54, 1.807) is 5.57 Å². The van der Waals surface area contributed by atoms with Crippen LogP contribution in [0.1, 0.15) is 60.3 Å². The Morgan fingerprint density at radius 3 is 2.12 bits per heavy atom. The van der Waals surface area contributed by atoms with Gasteiger partial charge in [-0.2, -0.15) is 0 Å². The quantitative estimate of drug-likeness (QED) is 0.441. The van der Waals surface area contributed by atoms with Crippen LogP contribution in [-0.4, -0.2) is 16.4 Å². The van der Waals surface area contributed by atoms with Gasteiger partial charge in [-0.1, -0.05) is 52.3 Å². The van der Waals surface area contributed by atoms with Crippen molar-refractivity contribution in [3.63, 3.8) is 0 Å². The molecule has 16 heavy (non-hydrogen) atoms. The first-order valence-corrected chi connectivity index (χ1v) is 8.34. The first-order valence-electron chi connectivity index (χ1n) is 6.94. The van der Waals surface area contributed by atoms with Crippen molar-refractivity contribution in [2.45, 2.75) is 60.3 Å². The average Bonchev–Trinajstić information content (AvgIpc) is 2.32. The normalized spacial score (nSPS) is 15.3. The van der Waals surface area contributed by atoms with Crippen molar-refractivity contribution >= 4 is 9.76 Å². The third-order valence-corrected chi connectivity index (χ3v) is 4.60. The molecule has 0 aromatic heterocycles. The second kappa shape index (κ2) is 10.1. The van der Waals surface area contributed by atoms with Gasteiger partial charge in [0.25, 0.3) is 0 Å². The summed E-state index contributed by atoms with van der Waals surface area (Å²) in [7, 11) is -0.423. The zero-order valence-corrected chi connectivity index (χ0v) is 13.3. The molecule has 0 radical (unpaired) electrons. The molecular weight excluding hydrogens is 212 g/mol. The van der Waals surface area contributed by atoms with Crippen molar-refractivity contribution in [3.8, 4) is 0 Å². The van der Waals surface area contributed by atoms with Crippen LogP contribution in [0.3, 0.4) is 0 Å². The van der Waals surface area contributed by atoms with Gasteiger partial charge in [-0.05, 0) is 31.1 Å². The number of rotatable bonds is 9. The maximum absolute atomic E-state index is 5.76. The highest BCUT2D eigenvalue weighted by molar-refractivity contribution is 6.34. The molecule has 2 heteroatoms. The molecule has 0 aromatic rings. The average molecular weight is 242 g/mol. The smallest absolute Gasteiger partial charge is 0.185 e. The third kappa shape index (κ3) is 6.49.